The number of hydrogen-bond acceptors (Lipinski definition) is 5. The Morgan fingerprint density at radius 3 is 2.89 bits per heavy atom. The molecule has 8 heteroatoms. The van der Waals surface area contributed by atoms with Gasteiger partial charge in [0.2, 0.25) is 5.91 Å². The van der Waals surface area contributed by atoms with Crippen LogP contribution in [0.5, 0.6) is 0 Å². The number of amides is 1. The molecule has 3 aromatic heterocycles. The molecule has 7 nitrogen and oxygen atoms in total. The molecule has 3 heterocycles. The Bertz CT molecular complexity index is 1190. The quantitative estimate of drug-likeness (QED) is 0.568. The number of fused-ring (bicyclic) bond motifs is 1. The predicted octanol–water partition coefficient (Wildman–Crippen LogP) is 4.00. The van der Waals surface area contributed by atoms with Crippen molar-refractivity contribution in [2.45, 2.75) is 13.8 Å². The van der Waals surface area contributed by atoms with Gasteiger partial charge in [0.25, 0.3) is 0 Å². The Morgan fingerprint density at radius 2 is 2.07 bits per heavy atom. The number of halogens is 1. The first-order valence-corrected chi connectivity index (χ1v) is 8.97. The van der Waals surface area contributed by atoms with E-state index < -0.39 is 0 Å². The second kappa shape index (κ2) is 7.36. The van der Waals surface area contributed by atoms with E-state index in [0.717, 1.165) is 22.0 Å². The normalized spacial score (nSPS) is 11.0. The molecule has 0 bridgehead atoms. The molecule has 139 valence electrons. The molecule has 1 aromatic carbocycles. The molecule has 4 aromatic rings. The second-order valence-electron chi connectivity index (χ2n) is 6.19. The highest BCUT2D eigenvalue weighted by atomic mass is 35.5. The second-order valence-corrected chi connectivity index (χ2v) is 6.62. The van der Waals surface area contributed by atoms with Crippen LogP contribution in [0, 0.1) is 13.3 Å². The zero-order valence-electron chi connectivity index (χ0n) is 15.2. The van der Waals surface area contributed by atoms with Crippen LogP contribution in [-0.2, 0) is 4.79 Å². The summed E-state index contributed by atoms with van der Waals surface area (Å²) in [6, 6.07) is 11.3. The zero-order valence-corrected chi connectivity index (χ0v) is 16.0. The van der Waals surface area contributed by atoms with Crippen molar-refractivity contribution in [3.05, 3.63) is 65.9 Å². The largest absolute Gasteiger partial charge is 0.310 e. The van der Waals surface area contributed by atoms with Crippen molar-refractivity contribution in [2.75, 3.05) is 5.32 Å². The van der Waals surface area contributed by atoms with Crippen LogP contribution < -0.4 is 5.32 Å². The van der Waals surface area contributed by atoms with E-state index in [0.29, 0.717) is 22.4 Å². The fraction of sp³-hybridized carbons (Fsp3) is 0.100. The number of carbonyl (C=O) groups is 1. The molecule has 0 aliphatic rings. The summed E-state index contributed by atoms with van der Waals surface area (Å²) in [5, 5.41) is 13.7. The van der Waals surface area contributed by atoms with Crippen molar-refractivity contribution >= 4 is 34.1 Å². The fourth-order valence-electron chi connectivity index (χ4n) is 2.86. The number of carbonyl (C=O) groups excluding carboxylic acids is 1. The Kier molecular flexibility index (Phi) is 4.75. The molecule has 0 fully saturated rings. The third-order valence-corrected chi connectivity index (χ3v) is 4.50. The first-order chi connectivity index (χ1) is 13.5. The first kappa shape index (κ1) is 18.1. The maximum absolute atomic E-state index is 11.6. The highest BCUT2D eigenvalue weighted by molar-refractivity contribution is 6.31. The summed E-state index contributed by atoms with van der Waals surface area (Å²) in [5.74, 6) is 0.538. The van der Waals surface area contributed by atoms with Gasteiger partial charge in [0.05, 0.1) is 6.20 Å². The summed E-state index contributed by atoms with van der Waals surface area (Å²) in [4.78, 5) is 20.3. The van der Waals surface area contributed by atoms with Crippen LogP contribution in [0.15, 0.2) is 48.8 Å². The van der Waals surface area contributed by atoms with Crippen molar-refractivity contribution in [2.24, 2.45) is 0 Å². The molecule has 28 heavy (non-hydrogen) atoms. The van der Waals surface area contributed by atoms with Crippen LogP contribution in [0.25, 0.3) is 27.8 Å². The number of rotatable bonds is 4. The maximum atomic E-state index is 11.6. The molecule has 0 spiro atoms. The molecule has 1 N–H and O–H groups in total. The van der Waals surface area contributed by atoms with Crippen LogP contribution >= 0.6 is 11.6 Å². The Labute approximate surface area is 166 Å². The number of anilines is 1. The van der Waals surface area contributed by atoms with E-state index >= 15 is 0 Å². The Balaban J connectivity index is 1.69. The van der Waals surface area contributed by atoms with Gasteiger partial charge in [0.15, 0.2) is 5.82 Å². The average Bonchev–Trinajstić information content (AvgIpc) is 3.18. The standard InChI is InChI=1S/C20H16ClN6O/c1-3-20(28)24-18-9-15(21)10-19(23-18)27-11-17(25-26-27)14-4-5-16-12(2)22-7-6-13(16)8-14/h3-11H,1-2H3,(H,23,24,28). The lowest BCUT2D eigenvalue weighted by Gasteiger charge is -2.06. The van der Waals surface area contributed by atoms with Gasteiger partial charge >= 0.3 is 0 Å². The molecule has 0 saturated heterocycles. The van der Waals surface area contributed by atoms with E-state index in [1.54, 1.807) is 31.5 Å². The van der Waals surface area contributed by atoms with Gasteiger partial charge in [-0.05, 0) is 30.5 Å². The Morgan fingerprint density at radius 1 is 1.21 bits per heavy atom. The summed E-state index contributed by atoms with van der Waals surface area (Å²) in [7, 11) is 0. The number of aromatic nitrogens is 5. The van der Waals surface area contributed by atoms with Gasteiger partial charge in [0.1, 0.15) is 11.5 Å². The average molecular weight is 392 g/mol. The third-order valence-electron chi connectivity index (χ3n) is 4.28. The van der Waals surface area contributed by atoms with Crippen molar-refractivity contribution < 1.29 is 4.79 Å². The van der Waals surface area contributed by atoms with Crippen molar-refractivity contribution in [1.29, 1.82) is 0 Å². The molecule has 1 amide bonds. The first-order valence-electron chi connectivity index (χ1n) is 8.60. The van der Waals surface area contributed by atoms with Gasteiger partial charge in [-0.1, -0.05) is 35.9 Å². The smallest absolute Gasteiger partial charge is 0.229 e. The maximum Gasteiger partial charge on any atom is 0.229 e. The molecular formula is C20H16ClN6O. The van der Waals surface area contributed by atoms with Crippen molar-refractivity contribution in [1.82, 2.24) is 25.0 Å². The zero-order chi connectivity index (χ0) is 19.7. The van der Waals surface area contributed by atoms with E-state index in [1.165, 1.54) is 11.1 Å². The molecule has 4 rings (SSSR count). The number of nitrogens with one attached hydrogen (secondary N) is 1. The number of benzene rings is 1. The highest BCUT2D eigenvalue weighted by Gasteiger charge is 2.11. The van der Waals surface area contributed by atoms with Crippen LogP contribution in [0.2, 0.25) is 5.02 Å². The van der Waals surface area contributed by atoms with Gasteiger partial charge in [-0.25, -0.2) is 9.67 Å². The number of pyridine rings is 2. The van der Waals surface area contributed by atoms with Gasteiger partial charge in [-0.3, -0.25) is 9.78 Å². The lowest BCUT2D eigenvalue weighted by Crippen LogP contribution is -2.12. The SMILES string of the molecule is C[CH]C(=O)Nc1cc(Cl)cc(-n2cc(-c3ccc4c(C)nccc4c3)nn2)n1. The summed E-state index contributed by atoms with van der Waals surface area (Å²) >= 11 is 6.16. The van der Waals surface area contributed by atoms with Crippen LogP contribution in [0.1, 0.15) is 12.6 Å². The molecule has 0 unspecified atom stereocenters. The van der Waals surface area contributed by atoms with E-state index in [1.807, 2.05) is 31.2 Å². The van der Waals surface area contributed by atoms with Gasteiger partial charge < -0.3 is 5.32 Å². The molecule has 0 aliphatic carbocycles. The van der Waals surface area contributed by atoms with E-state index in [-0.39, 0.29) is 5.91 Å². The molecule has 0 atom stereocenters. The summed E-state index contributed by atoms with van der Waals surface area (Å²) in [5.41, 5.74) is 2.61. The monoisotopic (exact) mass is 391 g/mol. The number of hydrogen-bond donors (Lipinski definition) is 1. The van der Waals surface area contributed by atoms with E-state index in [2.05, 4.69) is 25.6 Å². The van der Waals surface area contributed by atoms with Crippen LogP contribution in [-0.4, -0.2) is 30.9 Å². The lowest BCUT2D eigenvalue weighted by atomic mass is 10.1. The highest BCUT2D eigenvalue weighted by Crippen LogP contribution is 2.25. The minimum atomic E-state index is -0.263. The minimum Gasteiger partial charge on any atom is -0.310 e. The van der Waals surface area contributed by atoms with Crippen LogP contribution in [0.3, 0.4) is 0 Å². The van der Waals surface area contributed by atoms with E-state index in [4.69, 9.17) is 11.6 Å². The molecular weight excluding hydrogens is 376 g/mol. The molecule has 1 radical (unpaired) electrons. The minimum absolute atomic E-state index is 0.263. The summed E-state index contributed by atoms with van der Waals surface area (Å²) in [6.45, 7) is 3.63. The fourth-order valence-corrected chi connectivity index (χ4v) is 3.06. The topological polar surface area (TPSA) is 85.6 Å². The third kappa shape index (κ3) is 3.57. The van der Waals surface area contributed by atoms with Crippen molar-refractivity contribution in [3.63, 3.8) is 0 Å². The van der Waals surface area contributed by atoms with E-state index in [9.17, 15) is 4.79 Å². The van der Waals surface area contributed by atoms with Crippen LogP contribution in [0.4, 0.5) is 5.82 Å². The predicted molar refractivity (Wildman–Crippen MR) is 108 cm³/mol. The summed E-state index contributed by atoms with van der Waals surface area (Å²) in [6.07, 6.45) is 4.97. The van der Waals surface area contributed by atoms with Gasteiger partial charge in [0, 0.05) is 40.4 Å². The molecule has 0 aliphatic heterocycles. The molecule has 0 saturated carbocycles. The Hall–Kier alpha value is -3.32. The number of aryl methyl sites for hydroxylation is 1. The van der Waals surface area contributed by atoms with Gasteiger partial charge in [-0.2, -0.15) is 0 Å². The number of nitrogens with zero attached hydrogens (tertiary/aromatic N) is 5. The summed E-state index contributed by atoms with van der Waals surface area (Å²) < 4.78 is 1.52. The van der Waals surface area contributed by atoms with Gasteiger partial charge in [-0.15, -0.1) is 5.10 Å². The van der Waals surface area contributed by atoms with Crippen molar-refractivity contribution in [3.8, 4) is 17.1 Å². The lowest BCUT2D eigenvalue weighted by molar-refractivity contribution is -0.113.